The van der Waals surface area contributed by atoms with Gasteiger partial charge < -0.3 is 9.80 Å². The first-order chi connectivity index (χ1) is 14.0. The van der Waals surface area contributed by atoms with Crippen molar-refractivity contribution in [1.29, 1.82) is 0 Å². The average Bonchev–Trinajstić information content (AvgIpc) is 3.19. The predicted octanol–water partition coefficient (Wildman–Crippen LogP) is 1.75. The highest BCUT2D eigenvalue weighted by Gasteiger charge is 2.34. The molecule has 0 bridgehead atoms. The molecule has 0 unspecified atom stereocenters. The SMILES string of the molecule is Cc1n[nH]c(C)c1N1CCN(C(=O)CCCN2C(=O)c3ccccc3C2=O)CC1. The molecule has 0 atom stereocenters. The van der Waals surface area contributed by atoms with Crippen LogP contribution in [0.2, 0.25) is 0 Å². The van der Waals surface area contributed by atoms with E-state index in [1.54, 1.807) is 24.3 Å². The molecule has 3 amide bonds. The first-order valence-corrected chi connectivity index (χ1v) is 9.97. The first kappa shape index (κ1) is 19.2. The fraction of sp³-hybridized carbons (Fsp3) is 0.429. The third-order valence-corrected chi connectivity index (χ3v) is 5.69. The van der Waals surface area contributed by atoms with E-state index < -0.39 is 0 Å². The molecule has 1 N–H and O–H groups in total. The lowest BCUT2D eigenvalue weighted by molar-refractivity contribution is -0.131. The summed E-state index contributed by atoms with van der Waals surface area (Å²) in [5.41, 5.74) is 4.05. The van der Waals surface area contributed by atoms with Crippen LogP contribution in [-0.4, -0.2) is 70.4 Å². The van der Waals surface area contributed by atoms with Crippen molar-refractivity contribution < 1.29 is 14.4 Å². The summed E-state index contributed by atoms with van der Waals surface area (Å²) < 4.78 is 0. The Morgan fingerprint density at radius 2 is 1.66 bits per heavy atom. The lowest BCUT2D eigenvalue weighted by Gasteiger charge is -2.36. The molecule has 1 aromatic carbocycles. The number of nitrogens with one attached hydrogen (secondary N) is 1. The minimum Gasteiger partial charge on any atom is -0.365 e. The van der Waals surface area contributed by atoms with E-state index in [-0.39, 0.29) is 24.3 Å². The maximum Gasteiger partial charge on any atom is 0.261 e. The number of H-pyrrole nitrogens is 1. The van der Waals surface area contributed by atoms with Gasteiger partial charge in [0, 0.05) is 39.1 Å². The summed E-state index contributed by atoms with van der Waals surface area (Å²) in [6.45, 7) is 7.12. The highest BCUT2D eigenvalue weighted by molar-refractivity contribution is 6.21. The minimum atomic E-state index is -0.266. The normalized spacial score (nSPS) is 16.6. The number of hydrogen-bond donors (Lipinski definition) is 1. The Hall–Kier alpha value is -3.16. The van der Waals surface area contributed by atoms with Gasteiger partial charge in [-0.3, -0.25) is 24.4 Å². The number of anilines is 1. The van der Waals surface area contributed by atoms with Gasteiger partial charge in [0.05, 0.1) is 28.2 Å². The van der Waals surface area contributed by atoms with Crippen molar-refractivity contribution in [2.75, 3.05) is 37.6 Å². The predicted molar refractivity (Wildman–Crippen MR) is 108 cm³/mol. The molecule has 29 heavy (non-hydrogen) atoms. The molecule has 8 nitrogen and oxygen atoms in total. The van der Waals surface area contributed by atoms with Gasteiger partial charge >= 0.3 is 0 Å². The summed E-state index contributed by atoms with van der Waals surface area (Å²) in [6, 6.07) is 6.85. The molecule has 152 valence electrons. The topological polar surface area (TPSA) is 89.6 Å². The van der Waals surface area contributed by atoms with Crippen LogP contribution in [0, 0.1) is 13.8 Å². The highest BCUT2D eigenvalue weighted by Crippen LogP contribution is 2.24. The largest absolute Gasteiger partial charge is 0.365 e. The number of rotatable bonds is 5. The van der Waals surface area contributed by atoms with Gasteiger partial charge in [-0.1, -0.05) is 12.1 Å². The van der Waals surface area contributed by atoms with E-state index in [0.717, 1.165) is 30.2 Å². The number of nitrogens with zero attached hydrogens (tertiary/aromatic N) is 4. The molecule has 1 fully saturated rings. The van der Waals surface area contributed by atoms with Crippen LogP contribution in [0.25, 0.3) is 0 Å². The number of imide groups is 1. The molecular formula is C21H25N5O3. The molecule has 2 aromatic rings. The fourth-order valence-electron chi connectivity index (χ4n) is 4.18. The van der Waals surface area contributed by atoms with Crippen molar-refractivity contribution in [2.45, 2.75) is 26.7 Å². The maximum atomic E-state index is 12.6. The number of aromatic nitrogens is 2. The monoisotopic (exact) mass is 395 g/mol. The summed E-state index contributed by atoms with van der Waals surface area (Å²) in [5, 5.41) is 7.25. The molecule has 0 aliphatic carbocycles. The summed E-state index contributed by atoms with van der Waals surface area (Å²) in [5.74, 6) is -0.461. The van der Waals surface area contributed by atoms with Crippen LogP contribution in [0.1, 0.15) is 44.9 Å². The van der Waals surface area contributed by atoms with Gasteiger partial charge in [0.1, 0.15) is 0 Å². The smallest absolute Gasteiger partial charge is 0.261 e. The molecule has 4 rings (SSSR count). The van der Waals surface area contributed by atoms with Gasteiger partial charge in [-0.25, -0.2) is 0 Å². The lowest BCUT2D eigenvalue weighted by atomic mass is 10.1. The van der Waals surface area contributed by atoms with Gasteiger partial charge in [0.2, 0.25) is 5.91 Å². The van der Waals surface area contributed by atoms with Crippen LogP contribution in [-0.2, 0) is 4.79 Å². The number of benzene rings is 1. The van der Waals surface area contributed by atoms with Gasteiger partial charge in [0.25, 0.3) is 11.8 Å². The molecular weight excluding hydrogens is 370 g/mol. The van der Waals surface area contributed by atoms with Gasteiger partial charge in [-0.05, 0) is 32.4 Å². The van der Waals surface area contributed by atoms with Crippen LogP contribution in [0.15, 0.2) is 24.3 Å². The van der Waals surface area contributed by atoms with E-state index in [4.69, 9.17) is 0 Å². The van der Waals surface area contributed by atoms with Gasteiger partial charge in [0.15, 0.2) is 0 Å². The number of carbonyl (C=O) groups is 3. The number of aromatic amines is 1. The van der Waals surface area contributed by atoms with E-state index in [1.807, 2.05) is 18.7 Å². The van der Waals surface area contributed by atoms with Crippen LogP contribution in [0.4, 0.5) is 5.69 Å². The number of piperazine rings is 1. The first-order valence-electron chi connectivity index (χ1n) is 9.97. The van der Waals surface area contributed by atoms with E-state index in [0.29, 0.717) is 37.1 Å². The molecule has 3 heterocycles. The summed E-state index contributed by atoms with van der Waals surface area (Å²) in [4.78, 5) is 42.7. The standard InChI is InChI=1S/C21H25N5O3/c1-14-19(15(2)23-22-14)25-12-10-24(11-13-25)18(27)8-5-9-26-20(28)16-6-3-4-7-17(16)21(26)29/h3-4,6-7H,5,8-13H2,1-2H3,(H,22,23). The van der Waals surface area contributed by atoms with E-state index >= 15 is 0 Å². The van der Waals surface area contributed by atoms with Crippen LogP contribution >= 0.6 is 0 Å². The van der Waals surface area contributed by atoms with Crippen molar-refractivity contribution in [3.8, 4) is 0 Å². The maximum absolute atomic E-state index is 12.6. The molecule has 0 radical (unpaired) electrons. The molecule has 8 heteroatoms. The summed E-state index contributed by atoms with van der Waals surface area (Å²) in [7, 11) is 0. The number of carbonyl (C=O) groups excluding carboxylic acids is 3. The molecule has 2 aliphatic heterocycles. The molecule has 0 saturated carbocycles. The zero-order valence-corrected chi connectivity index (χ0v) is 16.8. The van der Waals surface area contributed by atoms with Gasteiger partial charge in [-0.15, -0.1) is 0 Å². The Balaban J connectivity index is 1.26. The molecule has 1 saturated heterocycles. The second-order valence-electron chi connectivity index (χ2n) is 7.56. The Labute approximate surface area is 169 Å². The third kappa shape index (κ3) is 3.50. The highest BCUT2D eigenvalue weighted by atomic mass is 16.2. The van der Waals surface area contributed by atoms with Crippen molar-refractivity contribution in [2.24, 2.45) is 0 Å². The second kappa shape index (κ2) is 7.69. The number of hydrogen-bond acceptors (Lipinski definition) is 5. The number of fused-ring (bicyclic) bond motifs is 1. The van der Waals surface area contributed by atoms with Crippen molar-refractivity contribution in [3.63, 3.8) is 0 Å². The van der Waals surface area contributed by atoms with Crippen molar-refractivity contribution in [1.82, 2.24) is 20.0 Å². The Bertz CT molecular complexity index is 904. The number of aryl methyl sites for hydroxylation is 2. The van der Waals surface area contributed by atoms with E-state index in [9.17, 15) is 14.4 Å². The molecule has 1 aromatic heterocycles. The van der Waals surface area contributed by atoms with Crippen molar-refractivity contribution in [3.05, 3.63) is 46.8 Å². The fourth-order valence-corrected chi connectivity index (χ4v) is 4.18. The van der Waals surface area contributed by atoms with E-state index in [1.165, 1.54) is 4.90 Å². The zero-order chi connectivity index (χ0) is 20.5. The Morgan fingerprint density at radius 3 is 2.21 bits per heavy atom. The Kier molecular flexibility index (Phi) is 5.08. The second-order valence-corrected chi connectivity index (χ2v) is 7.56. The number of amides is 3. The zero-order valence-electron chi connectivity index (χ0n) is 16.8. The van der Waals surface area contributed by atoms with Crippen LogP contribution in [0.3, 0.4) is 0 Å². The molecule has 0 spiro atoms. The lowest BCUT2D eigenvalue weighted by Crippen LogP contribution is -2.49. The average molecular weight is 395 g/mol. The van der Waals surface area contributed by atoms with Gasteiger partial charge in [-0.2, -0.15) is 5.10 Å². The van der Waals surface area contributed by atoms with Crippen LogP contribution < -0.4 is 4.90 Å². The summed E-state index contributed by atoms with van der Waals surface area (Å²) >= 11 is 0. The Morgan fingerprint density at radius 1 is 1.03 bits per heavy atom. The molecule has 2 aliphatic rings. The summed E-state index contributed by atoms with van der Waals surface area (Å²) in [6.07, 6.45) is 0.807. The quantitative estimate of drug-likeness (QED) is 0.779. The minimum absolute atomic E-state index is 0.0712. The third-order valence-electron chi connectivity index (χ3n) is 5.69. The van der Waals surface area contributed by atoms with Crippen molar-refractivity contribution >= 4 is 23.4 Å². The van der Waals surface area contributed by atoms with E-state index in [2.05, 4.69) is 15.1 Å². The van der Waals surface area contributed by atoms with Crippen LogP contribution in [0.5, 0.6) is 0 Å².